The third kappa shape index (κ3) is 4.95. The fraction of sp³-hybridized carbons (Fsp3) is 0.250. The third-order valence-electron chi connectivity index (χ3n) is 5.28. The Labute approximate surface area is 185 Å². The Bertz CT molecular complexity index is 1040. The van der Waals surface area contributed by atoms with Gasteiger partial charge in [0.2, 0.25) is 0 Å². The molecule has 160 valence electrons. The molecule has 31 heavy (non-hydrogen) atoms. The molecule has 2 aromatic carbocycles. The number of thiophene rings is 1. The lowest BCUT2D eigenvalue weighted by atomic mass is 10.1. The van der Waals surface area contributed by atoms with Crippen molar-refractivity contribution >= 4 is 28.8 Å². The molecule has 3 aromatic rings. The minimum absolute atomic E-state index is 0.105. The number of fused-ring (bicyclic) bond motifs is 1. The summed E-state index contributed by atoms with van der Waals surface area (Å²) in [5, 5.41) is 7.91. The van der Waals surface area contributed by atoms with Gasteiger partial charge in [0, 0.05) is 29.1 Å². The van der Waals surface area contributed by atoms with Gasteiger partial charge in [-0.3, -0.25) is 9.59 Å². The van der Waals surface area contributed by atoms with Gasteiger partial charge in [-0.2, -0.15) is 0 Å². The van der Waals surface area contributed by atoms with Crippen molar-refractivity contribution in [3.8, 4) is 5.75 Å². The largest absolute Gasteiger partial charge is 0.480 e. The van der Waals surface area contributed by atoms with Crippen LogP contribution >= 0.6 is 11.3 Å². The van der Waals surface area contributed by atoms with Gasteiger partial charge in [0.15, 0.2) is 6.10 Å². The standard InChI is InChI=1S/C24H25N3O3S/c1-27(2)19(22-11-6-12-31-22)15-25-23(28)17-8-5-9-18(13-17)26-24(29)21-14-16-7-3-4-10-20(16)30-21/h3-13,19,21H,14-15H2,1-2H3,(H,25,28)(H,26,29). The Morgan fingerprint density at radius 3 is 2.71 bits per heavy atom. The topological polar surface area (TPSA) is 70.7 Å². The molecule has 0 saturated carbocycles. The summed E-state index contributed by atoms with van der Waals surface area (Å²) in [5.74, 6) is 0.347. The maximum Gasteiger partial charge on any atom is 0.265 e. The Morgan fingerprint density at radius 2 is 1.97 bits per heavy atom. The molecule has 2 atom stereocenters. The van der Waals surface area contributed by atoms with Gasteiger partial charge in [-0.05, 0) is 55.4 Å². The summed E-state index contributed by atoms with van der Waals surface area (Å²) in [6, 6.07) is 18.8. The molecule has 0 saturated heterocycles. The first-order valence-corrected chi connectivity index (χ1v) is 11.0. The number of amides is 2. The Morgan fingerprint density at radius 1 is 1.13 bits per heavy atom. The van der Waals surface area contributed by atoms with Crippen molar-refractivity contribution in [2.24, 2.45) is 0 Å². The molecule has 1 aromatic heterocycles. The van der Waals surface area contributed by atoms with E-state index < -0.39 is 6.10 Å². The molecule has 7 heteroatoms. The van der Waals surface area contributed by atoms with E-state index in [4.69, 9.17) is 4.74 Å². The Balaban J connectivity index is 1.36. The zero-order chi connectivity index (χ0) is 21.8. The second-order valence-electron chi connectivity index (χ2n) is 7.69. The first-order chi connectivity index (χ1) is 15.0. The third-order valence-corrected chi connectivity index (χ3v) is 6.26. The van der Waals surface area contributed by atoms with Crippen LogP contribution in [-0.2, 0) is 11.2 Å². The lowest BCUT2D eigenvalue weighted by Gasteiger charge is -2.23. The molecule has 6 nitrogen and oxygen atoms in total. The monoisotopic (exact) mass is 435 g/mol. The number of carbonyl (C=O) groups excluding carboxylic acids is 2. The van der Waals surface area contributed by atoms with Crippen molar-refractivity contribution in [1.29, 1.82) is 0 Å². The number of carbonyl (C=O) groups is 2. The summed E-state index contributed by atoms with van der Waals surface area (Å²) < 4.78 is 5.75. The van der Waals surface area contributed by atoms with Crippen LogP contribution in [0.4, 0.5) is 5.69 Å². The van der Waals surface area contributed by atoms with Crippen LogP contribution in [0.2, 0.25) is 0 Å². The molecule has 2 unspecified atom stereocenters. The summed E-state index contributed by atoms with van der Waals surface area (Å²) >= 11 is 1.67. The Kier molecular flexibility index (Phi) is 6.34. The number of hydrogen-bond donors (Lipinski definition) is 2. The van der Waals surface area contributed by atoms with Crippen molar-refractivity contribution in [3.63, 3.8) is 0 Å². The number of ether oxygens (including phenoxy) is 1. The fourth-order valence-corrected chi connectivity index (χ4v) is 4.52. The van der Waals surface area contributed by atoms with E-state index in [9.17, 15) is 9.59 Å². The normalized spacial score (nSPS) is 15.8. The number of likely N-dealkylation sites (N-methyl/N-ethyl adjacent to an activating group) is 1. The van der Waals surface area contributed by atoms with Crippen molar-refractivity contribution in [3.05, 3.63) is 82.0 Å². The van der Waals surface area contributed by atoms with Crippen LogP contribution in [0.25, 0.3) is 0 Å². The fourth-order valence-electron chi connectivity index (χ4n) is 3.60. The number of para-hydroxylation sites is 1. The van der Waals surface area contributed by atoms with Crippen molar-refractivity contribution < 1.29 is 14.3 Å². The number of nitrogens with zero attached hydrogens (tertiary/aromatic N) is 1. The highest BCUT2D eigenvalue weighted by molar-refractivity contribution is 7.10. The summed E-state index contributed by atoms with van der Waals surface area (Å²) in [4.78, 5) is 28.6. The van der Waals surface area contributed by atoms with Gasteiger partial charge in [0.05, 0.1) is 6.04 Å². The number of anilines is 1. The highest BCUT2D eigenvalue weighted by atomic mass is 32.1. The Hall–Kier alpha value is -3.16. The van der Waals surface area contributed by atoms with Gasteiger partial charge in [0.25, 0.3) is 11.8 Å². The predicted molar refractivity (Wildman–Crippen MR) is 123 cm³/mol. The minimum atomic E-state index is -0.568. The van der Waals surface area contributed by atoms with E-state index in [-0.39, 0.29) is 17.9 Å². The average Bonchev–Trinajstić information content (AvgIpc) is 3.44. The second kappa shape index (κ2) is 9.32. The van der Waals surface area contributed by atoms with E-state index in [1.807, 2.05) is 49.8 Å². The van der Waals surface area contributed by atoms with Gasteiger partial charge in [-0.1, -0.05) is 30.3 Å². The quantitative estimate of drug-likeness (QED) is 0.593. The molecule has 0 spiro atoms. The lowest BCUT2D eigenvalue weighted by molar-refractivity contribution is -0.122. The van der Waals surface area contributed by atoms with E-state index in [2.05, 4.69) is 21.6 Å². The molecular weight excluding hydrogens is 410 g/mol. The molecule has 4 rings (SSSR count). The van der Waals surface area contributed by atoms with Crippen LogP contribution in [0.1, 0.15) is 26.8 Å². The molecule has 1 aliphatic heterocycles. The number of nitrogens with one attached hydrogen (secondary N) is 2. The van der Waals surface area contributed by atoms with Crippen LogP contribution in [0.3, 0.4) is 0 Å². The van der Waals surface area contributed by atoms with Gasteiger partial charge in [0.1, 0.15) is 5.75 Å². The minimum Gasteiger partial charge on any atom is -0.480 e. The van der Waals surface area contributed by atoms with Gasteiger partial charge in [-0.25, -0.2) is 0 Å². The van der Waals surface area contributed by atoms with Crippen LogP contribution in [0, 0.1) is 0 Å². The molecule has 2 amide bonds. The van der Waals surface area contributed by atoms with E-state index in [0.29, 0.717) is 24.2 Å². The summed E-state index contributed by atoms with van der Waals surface area (Å²) in [7, 11) is 3.99. The van der Waals surface area contributed by atoms with Crippen molar-refractivity contribution in [2.45, 2.75) is 18.6 Å². The summed E-state index contributed by atoms with van der Waals surface area (Å²) in [5.41, 5.74) is 2.09. The maximum absolute atomic E-state index is 12.7. The van der Waals surface area contributed by atoms with Crippen LogP contribution in [0.15, 0.2) is 66.0 Å². The summed E-state index contributed by atoms with van der Waals surface area (Å²) in [6.07, 6.45) is -0.0295. The molecule has 2 N–H and O–H groups in total. The second-order valence-corrected chi connectivity index (χ2v) is 8.67. The number of rotatable bonds is 7. The van der Waals surface area contributed by atoms with Gasteiger partial charge >= 0.3 is 0 Å². The first kappa shape index (κ1) is 21.1. The van der Waals surface area contributed by atoms with Crippen LogP contribution in [0.5, 0.6) is 5.75 Å². The van der Waals surface area contributed by atoms with Crippen LogP contribution in [-0.4, -0.2) is 43.5 Å². The molecular formula is C24H25N3O3S. The number of benzene rings is 2. The zero-order valence-electron chi connectivity index (χ0n) is 17.5. The smallest absolute Gasteiger partial charge is 0.265 e. The molecule has 0 radical (unpaired) electrons. The molecule has 0 fully saturated rings. The summed E-state index contributed by atoms with van der Waals surface area (Å²) in [6.45, 7) is 0.497. The highest BCUT2D eigenvalue weighted by Crippen LogP contribution is 2.28. The average molecular weight is 436 g/mol. The molecule has 0 bridgehead atoms. The van der Waals surface area contributed by atoms with E-state index in [0.717, 1.165) is 11.3 Å². The van der Waals surface area contributed by atoms with E-state index in [1.54, 1.807) is 35.6 Å². The molecule has 0 aliphatic carbocycles. The first-order valence-electron chi connectivity index (χ1n) is 10.1. The van der Waals surface area contributed by atoms with E-state index >= 15 is 0 Å². The zero-order valence-corrected chi connectivity index (χ0v) is 18.3. The van der Waals surface area contributed by atoms with E-state index in [1.165, 1.54) is 4.88 Å². The van der Waals surface area contributed by atoms with Gasteiger partial charge in [-0.15, -0.1) is 11.3 Å². The van der Waals surface area contributed by atoms with Crippen molar-refractivity contribution in [1.82, 2.24) is 10.2 Å². The van der Waals surface area contributed by atoms with Gasteiger partial charge < -0.3 is 20.3 Å². The lowest BCUT2D eigenvalue weighted by Crippen LogP contribution is -2.34. The molecule has 2 heterocycles. The van der Waals surface area contributed by atoms with Crippen LogP contribution < -0.4 is 15.4 Å². The SMILES string of the molecule is CN(C)C(CNC(=O)c1cccc(NC(=O)C2Cc3ccccc3O2)c1)c1cccs1. The molecule has 1 aliphatic rings. The predicted octanol–water partition coefficient (Wildman–Crippen LogP) is 3.72. The maximum atomic E-state index is 12.7. The highest BCUT2D eigenvalue weighted by Gasteiger charge is 2.28. The number of hydrogen-bond acceptors (Lipinski definition) is 5. The van der Waals surface area contributed by atoms with Crippen molar-refractivity contribution in [2.75, 3.05) is 26.0 Å².